The molecule has 2 nitrogen and oxygen atoms in total. The highest BCUT2D eigenvalue weighted by atomic mass is 14.9. The third kappa shape index (κ3) is 4.07. The van der Waals surface area contributed by atoms with E-state index < -0.39 is 5.41 Å². The van der Waals surface area contributed by atoms with E-state index in [0.717, 1.165) is 39.2 Å². The summed E-state index contributed by atoms with van der Waals surface area (Å²) in [4.78, 5) is 10.6. The van der Waals surface area contributed by atoms with E-state index in [0.29, 0.717) is 5.82 Å². The number of hydrogen-bond donors (Lipinski definition) is 0. The molecule has 8 aromatic rings. The third-order valence-electron chi connectivity index (χ3n) is 10.3. The van der Waals surface area contributed by atoms with Crippen molar-refractivity contribution in [2.75, 3.05) is 0 Å². The van der Waals surface area contributed by atoms with Gasteiger partial charge in [0.15, 0.2) is 5.82 Å². The van der Waals surface area contributed by atoms with Crippen molar-refractivity contribution in [1.29, 1.82) is 0 Å². The van der Waals surface area contributed by atoms with Gasteiger partial charge in [0, 0.05) is 16.7 Å². The first-order chi connectivity index (χ1) is 24.3. The number of fused-ring (bicyclic) bond motifs is 10. The lowest BCUT2D eigenvalue weighted by Gasteiger charge is -2.30. The van der Waals surface area contributed by atoms with Gasteiger partial charge in [-0.2, -0.15) is 0 Å². The van der Waals surface area contributed by atoms with Crippen molar-refractivity contribution in [1.82, 2.24) is 9.97 Å². The van der Waals surface area contributed by atoms with Crippen LogP contribution in [0.15, 0.2) is 182 Å². The number of rotatable bonds is 4. The van der Waals surface area contributed by atoms with E-state index in [1.54, 1.807) is 0 Å². The molecule has 0 amide bonds. The van der Waals surface area contributed by atoms with Crippen LogP contribution < -0.4 is 0 Å². The standard InChI is InChI=1S/C47H30N2/c1-3-15-31(16-4-1)34-19-7-8-23-39(34)45-30-44(32-17-5-2-6-18-32)48-46(49-45)33-27-28-38-37-22-11-14-26-42(37)47(43(38)29-33)40-24-12-9-20-35(40)36-21-10-13-25-41(36)47/h1-30H. The molecule has 2 heteroatoms. The zero-order chi connectivity index (χ0) is 32.4. The highest BCUT2D eigenvalue weighted by Gasteiger charge is 2.51. The average Bonchev–Trinajstić information content (AvgIpc) is 3.65. The van der Waals surface area contributed by atoms with E-state index in [9.17, 15) is 0 Å². The Labute approximate surface area is 286 Å². The Morgan fingerprint density at radius 3 is 1.33 bits per heavy atom. The molecule has 0 aliphatic heterocycles. The van der Waals surface area contributed by atoms with Gasteiger partial charge in [-0.25, -0.2) is 9.97 Å². The second-order valence-corrected chi connectivity index (χ2v) is 12.9. The monoisotopic (exact) mass is 622 g/mol. The summed E-state index contributed by atoms with van der Waals surface area (Å²) in [7, 11) is 0. The van der Waals surface area contributed by atoms with Crippen LogP contribution in [-0.2, 0) is 5.41 Å². The Balaban J connectivity index is 1.23. The molecule has 7 aromatic carbocycles. The average molecular weight is 623 g/mol. The summed E-state index contributed by atoms with van der Waals surface area (Å²) in [6.07, 6.45) is 0. The molecule has 0 bridgehead atoms. The minimum absolute atomic E-state index is 0.422. The van der Waals surface area contributed by atoms with Crippen molar-refractivity contribution >= 4 is 0 Å². The smallest absolute Gasteiger partial charge is 0.160 e. The Bertz CT molecular complexity index is 2490. The second-order valence-electron chi connectivity index (χ2n) is 12.9. The molecule has 0 saturated carbocycles. The van der Waals surface area contributed by atoms with Gasteiger partial charge in [-0.1, -0.05) is 170 Å². The van der Waals surface area contributed by atoms with Crippen LogP contribution in [0, 0.1) is 0 Å². The summed E-state index contributed by atoms with van der Waals surface area (Å²) in [6.45, 7) is 0. The molecule has 2 aliphatic carbocycles. The highest BCUT2D eigenvalue weighted by molar-refractivity contribution is 5.96. The largest absolute Gasteiger partial charge is 0.228 e. The van der Waals surface area contributed by atoms with E-state index in [4.69, 9.17) is 9.97 Å². The fourth-order valence-corrected chi connectivity index (χ4v) is 8.28. The maximum atomic E-state index is 5.35. The summed E-state index contributed by atoms with van der Waals surface area (Å²) in [5, 5.41) is 0. The zero-order valence-electron chi connectivity index (χ0n) is 26.7. The lowest BCUT2D eigenvalue weighted by Crippen LogP contribution is -2.25. The molecule has 2 aliphatic rings. The lowest BCUT2D eigenvalue weighted by molar-refractivity contribution is 0.794. The summed E-state index contributed by atoms with van der Waals surface area (Å²) in [5.74, 6) is 0.715. The quantitative estimate of drug-likeness (QED) is 0.195. The van der Waals surface area contributed by atoms with Crippen LogP contribution in [0.4, 0.5) is 0 Å². The first-order valence-electron chi connectivity index (χ1n) is 16.8. The molecule has 0 radical (unpaired) electrons. The van der Waals surface area contributed by atoms with Crippen molar-refractivity contribution in [3.63, 3.8) is 0 Å². The van der Waals surface area contributed by atoms with Gasteiger partial charge in [-0.3, -0.25) is 0 Å². The molecule has 228 valence electrons. The van der Waals surface area contributed by atoms with Gasteiger partial charge in [0.25, 0.3) is 0 Å². The lowest BCUT2D eigenvalue weighted by atomic mass is 9.70. The minimum atomic E-state index is -0.422. The van der Waals surface area contributed by atoms with Gasteiger partial charge in [0.05, 0.1) is 16.8 Å². The van der Waals surface area contributed by atoms with Crippen LogP contribution in [-0.4, -0.2) is 9.97 Å². The molecule has 0 unspecified atom stereocenters. The van der Waals surface area contributed by atoms with Gasteiger partial charge in [-0.15, -0.1) is 0 Å². The number of nitrogens with zero attached hydrogens (tertiary/aromatic N) is 2. The van der Waals surface area contributed by atoms with Crippen LogP contribution >= 0.6 is 0 Å². The van der Waals surface area contributed by atoms with E-state index in [1.807, 2.05) is 6.07 Å². The number of benzene rings is 7. The Morgan fingerprint density at radius 1 is 0.286 bits per heavy atom. The van der Waals surface area contributed by atoms with E-state index in [-0.39, 0.29) is 0 Å². The van der Waals surface area contributed by atoms with Crippen LogP contribution in [0.5, 0.6) is 0 Å². The Morgan fingerprint density at radius 2 is 0.735 bits per heavy atom. The van der Waals surface area contributed by atoms with E-state index >= 15 is 0 Å². The van der Waals surface area contributed by atoms with Crippen molar-refractivity contribution in [2.24, 2.45) is 0 Å². The number of hydrogen-bond acceptors (Lipinski definition) is 2. The maximum Gasteiger partial charge on any atom is 0.160 e. The summed E-state index contributed by atoms with van der Waals surface area (Å²) < 4.78 is 0. The Kier molecular flexibility index (Phi) is 6.13. The summed E-state index contributed by atoms with van der Waals surface area (Å²) >= 11 is 0. The fraction of sp³-hybridized carbons (Fsp3) is 0.0213. The Hall–Kier alpha value is -6.38. The second kappa shape index (κ2) is 10.8. The molecular formula is C47H30N2. The molecule has 0 saturated heterocycles. The van der Waals surface area contributed by atoms with E-state index in [1.165, 1.54) is 44.5 Å². The van der Waals surface area contributed by atoms with Gasteiger partial charge in [-0.05, 0) is 67.8 Å². The van der Waals surface area contributed by atoms with Crippen molar-refractivity contribution in [3.8, 4) is 67.3 Å². The van der Waals surface area contributed by atoms with Gasteiger partial charge in [0.1, 0.15) is 0 Å². The summed E-state index contributed by atoms with van der Waals surface area (Å²) in [6, 6.07) is 65.3. The molecule has 10 rings (SSSR count). The highest BCUT2D eigenvalue weighted by Crippen LogP contribution is 2.63. The first kappa shape index (κ1) is 27.7. The van der Waals surface area contributed by atoms with Crippen LogP contribution in [0.3, 0.4) is 0 Å². The molecular weight excluding hydrogens is 593 g/mol. The molecule has 1 aromatic heterocycles. The van der Waals surface area contributed by atoms with Crippen molar-refractivity contribution in [3.05, 3.63) is 204 Å². The molecule has 0 fully saturated rings. The maximum absolute atomic E-state index is 5.35. The molecule has 0 atom stereocenters. The summed E-state index contributed by atoms with van der Waals surface area (Å²) in [5.41, 5.74) is 17.3. The molecule has 1 spiro atoms. The SMILES string of the molecule is c1ccc(-c2cc(-c3ccccc3-c3ccccc3)nc(-c3ccc4c(c3)C3(c5ccccc5-c5ccccc53)c3ccccc3-4)n2)cc1. The van der Waals surface area contributed by atoms with Crippen LogP contribution in [0.1, 0.15) is 22.3 Å². The third-order valence-corrected chi connectivity index (χ3v) is 10.3. The van der Waals surface area contributed by atoms with Gasteiger partial charge < -0.3 is 0 Å². The fourth-order valence-electron chi connectivity index (χ4n) is 8.28. The van der Waals surface area contributed by atoms with E-state index in [2.05, 4.69) is 176 Å². The first-order valence-corrected chi connectivity index (χ1v) is 16.8. The molecule has 49 heavy (non-hydrogen) atoms. The van der Waals surface area contributed by atoms with Gasteiger partial charge in [0.2, 0.25) is 0 Å². The van der Waals surface area contributed by atoms with Crippen molar-refractivity contribution in [2.45, 2.75) is 5.41 Å². The van der Waals surface area contributed by atoms with Crippen LogP contribution in [0.2, 0.25) is 0 Å². The predicted molar refractivity (Wildman–Crippen MR) is 200 cm³/mol. The topological polar surface area (TPSA) is 25.8 Å². The predicted octanol–water partition coefficient (Wildman–Crippen LogP) is 11.5. The molecule has 0 N–H and O–H groups in total. The number of aromatic nitrogens is 2. The minimum Gasteiger partial charge on any atom is -0.228 e. The van der Waals surface area contributed by atoms with Crippen molar-refractivity contribution < 1.29 is 0 Å². The van der Waals surface area contributed by atoms with Crippen LogP contribution in [0.25, 0.3) is 67.3 Å². The van der Waals surface area contributed by atoms with Gasteiger partial charge >= 0.3 is 0 Å². The zero-order valence-corrected chi connectivity index (χ0v) is 26.7. The molecule has 1 heterocycles. The normalized spacial score (nSPS) is 13.1.